The Balaban J connectivity index is 2.18. The second-order valence-electron chi connectivity index (χ2n) is 3.48. The molecule has 5 heteroatoms. The lowest BCUT2D eigenvalue weighted by Crippen LogP contribution is -2.12. The Labute approximate surface area is 98.7 Å². The van der Waals surface area contributed by atoms with Crippen molar-refractivity contribution in [2.24, 2.45) is 4.99 Å². The number of ether oxygens (including phenoxy) is 2. The van der Waals surface area contributed by atoms with E-state index in [1.807, 2.05) is 6.07 Å². The molecule has 0 atom stereocenters. The quantitative estimate of drug-likeness (QED) is 0.617. The van der Waals surface area contributed by atoms with E-state index in [9.17, 15) is 4.79 Å². The first kappa shape index (κ1) is 11.6. The van der Waals surface area contributed by atoms with Gasteiger partial charge in [0.25, 0.3) is 0 Å². The number of aliphatic hydroxyl groups excluding tert-OH is 1. The monoisotopic (exact) mass is 235 g/mol. The van der Waals surface area contributed by atoms with Gasteiger partial charge in [0.1, 0.15) is 12.4 Å². The van der Waals surface area contributed by atoms with Gasteiger partial charge in [0.05, 0.1) is 25.1 Å². The number of aliphatic hydroxyl groups is 1. The Morgan fingerprint density at radius 3 is 3.00 bits per heavy atom. The van der Waals surface area contributed by atoms with Crippen molar-refractivity contribution in [3.63, 3.8) is 0 Å². The summed E-state index contributed by atoms with van der Waals surface area (Å²) in [7, 11) is 0. The normalized spacial score (nSPS) is 14.1. The smallest absolute Gasteiger partial charge is 0.313 e. The highest BCUT2D eigenvalue weighted by Gasteiger charge is 2.16. The Kier molecular flexibility index (Phi) is 3.72. The number of aliphatic imine (C=N–C) groups is 1. The van der Waals surface area contributed by atoms with Gasteiger partial charge < -0.3 is 14.6 Å². The van der Waals surface area contributed by atoms with Gasteiger partial charge in [-0.05, 0) is 12.1 Å². The molecule has 0 fully saturated rings. The van der Waals surface area contributed by atoms with Gasteiger partial charge in [-0.1, -0.05) is 12.1 Å². The van der Waals surface area contributed by atoms with Crippen LogP contribution in [0.4, 0.5) is 0 Å². The summed E-state index contributed by atoms with van der Waals surface area (Å²) in [6, 6.07) is 7.05. The van der Waals surface area contributed by atoms with Crippen molar-refractivity contribution in [3.8, 4) is 5.75 Å². The molecule has 0 radical (unpaired) electrons. The van der Waals surface area contributed by atoms with Crippen LogP contribution in [0.2, 0.25) is 0 Å². The largest absolute Gasteiger partial charge is 0.475 e. The molecule has 1 heterocycles. The van der Waals surface area contributed by atoms with Crippen molar-refractivity contribution >= 4 is 11.9 Å². The van der Waals surface area contributed by atoms with Crippen LogP contribution in [0.5, 0.6) is 5.75 Å². The molecule has 17 heavy (non-hydrogen) atoms. The fourth-order valence-corrected chi connectivity index (χ4v) is 1.50. The van der Waals surface area contributed by atoms with Gasteiger partial charge in [0, 0.05) is 0 Å². The highest BCUT2D eigenvalue weighted by atomic mass is 16.5. The number of benzene rings is 1. The zero-order valence-electron chi connectivity index (χ0n) is 9.26. The standard InChI is InChI=1S/C12H13NO4/c14-7-5-11(15)17-10-4-2-1-3-9(10)12-13-6-8-16-12/h1-4,14H,5-8H2. The van der Waals surface area contributed by atoms with Crippen LogP contribution in [0.15, 0.2) is 29.3 Å². The molecule has 0 aliphatic carbocycles. The lowest BCUT2D eigenvalue weighted by Gasteiger charge is -2.09. The van der Waals surface area contributed by atoms with E-state index in [4.69, 9.17) is 14.6 Å². The maximum Gasteiger partial charge on any atom is 0.313 e. The van der Waals surface area contributed by atoms with E-state index in [-0.39, 0.29) is 13.0 Å². The minimum atomic E-state index is -0.474. The highest BCUT2D eigenvalue weighted by molar-refractivity contribution is 5.98. The van der Waals surface area contributed by atoms with Crippen molar-refractivity contribution in [2.45, 2.75) is 6.42 Å². The number of hydrogen-bond acceptors (Lipinski definition) is 5. The Hall–Kier alpha value is -1.88. The molecule has 0 spiro atoms. The van der Waals surface area contributed by atoms with Gasteiger partial charge in [-0.15, -0.1) is 0 Å². The third kappa shape index (κ3) is 2.82. The zero-order valence-corrected chi connectivity index (χ0v) is 9.26. The van der Waals surface area contributed by atoms with Crippen LogP contribution in [0, 0.1) is 0 Å². The van der Waals surface area contributed by atoms with Crippen LogP contribution in [-0.4, -0.2) is 36.7 Å². The number of para-hydroxylation sites is 1. The molecule has 0 saturated heterocycles. The van der Waals surface area contributed by atoms with Crippen LogP contribution in [0.25, 0.3) is 0 Å². The minimum absolute atomic E-state index is 0.0261. The summed E-state index contributed by atoms with van der Waals surface area (Å²) in [6.07, 6.45) is -0.0261. The van der Waals surface area contributed by atoms with Crippen molar-refractivity contribution in [1.82, 2.24) is 0 Å². The van der Waals surface area contributed by atoms with Crippen molar-refractivity contribution in [1.29, 1.82) is 0 Å². The van der Waals surface area contributed by atoms with E-state index in [0.717, 1.165) is 0 Å². The van der Waals surface area contributed by atoms with E-state index in [0.29, 0.717) is 30.4 Å². The Morgan fingerprint density at radius 2 is 2.29 bits per heavy atom. The molecule has 90 valence electrons. The molecule has 0 aromatic heterocycles. The molecule has 1 N–H and O–H groups in total. The summed E-state index contributed by atoms with van der Waals surface area (Å²) in [5, 5.41) is 8.65. The van der Waals surface area contributed by atoms with E-state index in [2.05, 4.69) is 4.99 Å². The maximum absolute atomic E-state index is 11.3. The van der Waals surface area contributed by atoms with Crippen LogP contribution in [0.3, 0.4) is 0 Å². The molecule has 1 aliphatic rings. The SMILES string of the molecule is O=C(CCO)Oc1ccccc1C1=NCCO1. The van der Waals surface area contributed by atoms with Crippen LogP contribution < -0.4 is 4.74 Å². The minimum Gasteiger partial charge on any atom is -0.475 e. The average Bonchev–Trinajstić information content (AvgIpc) is 2.83. The number of rotatable bonds is 4. The summed E-state index contributed by atoms with van der Waals surface area (Å²) >= 11 is 0. The molecule has 5 nitrogen and oxygen atoms in total. The number of carbonyl (C=O) groups excluding carboxylic acids is 1. The van der Waals surface area contributed by atoms with E-state index < -0.39 is 5.97 Å². The predicted octanol–water partition coefficient (Wildman–Crippen LogP) is 0.751. The number of nitrogens with zero attached hydrogens (tertiary/aromatic N) is 1. The second kappa shape index (κ2) is 5.45. The molecular formula is C12H13NO4. The second-order valence-corrected chi connectivity index (χ2v) is 3.48. The van der Waals surface area contributed by atoms with E-state index >= 15 is 0 Å². The van der Waals surface area contributed by atoms with E-state index in [1.165, 1.54) is 0 Å². The van der Waals surface area contributed by atoms with Crippen LogP contribution >= 0.6 is 0 Å². The van der Waals surface area contributed by atoms with Gasteiger partial charge in [0.15, 0.2) is 0 Å². The lowest BCUT2D eigenvalue weighted by molar-refractivity contribution is -0.135. The topological polar surface area (TPSA) is 68.1 Å². The third-order valence-corrected chi connectivity index (χ3v) is 2.24. The molecular weight excluding hydrogens is 222 g/mol. The summed E-state index contributed by atoms with van der Waals surface area (Å²) in [5.74, 6) is 0.433. The average molecular weight is 235 g/mol. The van der Waals surface area contributed by atoms with Crippen molar-refractivity contribution in [3.05, 3.63) is 29.8 Å². The summed E-state index contributed by atoms with van der Waals surface area (Å²) in [4.78, 5) is 15.5. The molecule has 2 rings (SSSR count). The number of carbonyl (C=O) groups is 1. The van der Waals surface area contributed by atoms with Crippen LogP contribution in [-0.2, 0) is 9.53 Å². The maximum atomic E-state index is 11.3. The van der Waals surface area contributed by atoms with Gasteiger partial charge in [0.2, 0.25) is 5.90 Å². The first-order valence-electron chi connectivity index (χ1n) is 5.39. The van der Waals surface area contributed by atoms with Crippen molar-refractivity contribution < 1.29 is 19.4 Å². The third-order valence-electron chi connectivity index (χ3n) is 2.24. The first-order valence-corrected chi connectivity index (χ1v) is 5.39. The fourth-order valence-electron chi connectivity index (χ4n) is 1.50. The van der Waals surface area contributed by atoms with Crippen LogP contribution in [0.1, 0.15) is 12.0 Å². The molecule has 1 aliphatic heterocycles. The highest BCUT2D eigenvalue weighted by Crippen LogP contribution is 2.21. The Bertz CT molecular complexity index is 442. The zero-order chi connectivity index (χ0) is 12.1. The van der Waals surface area contributed by atoms with Gasteiger partial charge in [-0.25, -0.2) is 4.99 Å². The fraction of sp³-hybridized carbons (Fsp3) is 0.333. The summed E-state index contributed by atoms with van der Waals surface area (Å²) < 4.78 is 10.5. The lowest BCUT2D eigenvalue weighted by atomic mass is 10.2. The summed E-state index contributed by atoms with van der Waals surface area (Å²) in [5.41, 5.74) is 0.663. The number of esters is 1. The summed E-state index contributed by atoms with van der Waals surface area (Å²) in [6.45, 7) is 0.945. The van der Waals surface area contributed by atoms with Gasteiger partial charge >= 0.3 is 5.97 Å². The van der Waals surface area contributed by atoms with Gasteiger partial charge in [-0.3, -0.25) is 4.79 Å². The first-order chi connectivity index (χ1) is 8.31. The molecule has 0 unspecified atom stereocenters. The van der Waals surface area contributed by atoms with Gasteiger partial charge in [-0.2, -0.15) is 0 Å². The molecule has 0 saturated carbocycles. The predicted molar refractivity (Wildman–Crippen MR) is 61.1 cm³/mol. The molecule has 1 aromatic carbocycles. The van der Waals surface area contributed by atoms with Crippen molar-refractivity contribution in [2.75, 3.05) is 19.8 Å². The Morgan fingerprint density at radius 1 is 1.47 bits per heavy atom. The molecule has 0 amide bonds. The van der Waals surface area contributed by atoms with E-state index in [1.54, 1.807) is 18.2 Å². The molecule has 0 bridgehead atoms. The molecule has 1 aromatic rings. The number of hydrogen-bond donors (Lipinski definition) is 1.